The number of esters is 1. The molecule has 0 spiro atoms. The van der Waals surface area contributed by atoms with Crippen molar-refractivity contribution in [2.45, 2.75) is 18.3 Å². The summed E-state index contributed by atoms with van der Waals surface area (Å²) in [5, 5.41) is 0. The minimum atomic E-state index is -0.618. The van der Waals surface area contributed by atoms with E-state index in [4.69, 9.17) is 9.47 Å². The van der Waals surface area contributed by atoms with Gasteiger partial charge in [-0.15, -0.1) is 0 Å². The molecular weight excluding hydrogens is 556 g/mol. The van der Waals surface area contributed by atoms with Crippen LogP contribution in [0.25, 0.3) is 0 Å². The van der Waals surface area contributed by atoms with Gasteiger partial charge in [-0.1, -0.05) is 48.5 Å². The number of methoxy groups -OCH3 is 1. The highest BCUT2D eigenvalue weighted by molar-refractivity contribution is 6.23. The van der Waals surface area contributed by atoms with Crippen molar-refractivity contribution in [1.82, 2.24) is 0 Å². The second-order valence-corrected chi connectivity index (χ2v) is 11.8. The van der Waals surface area contributed by atoms with Crippen LogP contribution in [0.1, 0.15) is 40.5 Å². The molecular formula is C36H28N2O6. The Hall–Kier alpha value is -5.24. The van der Waals surface area contributed by atoms with Crippen LogP contribution < -0.4 is 19.3 Å². The first-order valence-corrected chi connectivity index (χ1v) is 14.8. The third kappa shape index (κ3) is 3.83. The number of hydrogen-bond acceptors (Lipinski definition) is 6. The number of nitrogens with zero attached hydrogens (tertiary/aromatic N) is 2. The molecule has 2 fully saturated rings. The van der Waals surface area contributed by atoms with Crippen LogP contribution in [-0.4, -0.2) is 37.3 Å². The monoisotopic (exact) mass is 584 g/mol. The number of hydrogen-bond donors (Lipinski definition) is 0. The summed E-state index contributed by atoms with van der Waals surface area (Å²) in [5.41, 5.74) is 5.63. The van der Waals surface area contributed by atoms with Crippen molar-refractivity contribution >= 4 is 35.1 Å². The lowest BCUT2D eigenvalue weighted by Gasteiger charge is -2.45. The van der Waals surface area contributed by atoms with E-state index >= 15 is 0 Å². The molecule has 8 heteroatoms. The van der Waals surface area contributed by atoms with Crippen LogP contribution in [0.2, 0.25) is 0 Å². The number of ether oxygens (including phenoxy) is 2. The Bertz CT molecular complexity index is 1730. The van der Waals surface area contributed by atoms with E-state index in [0.29, 0.717) is 17.1 Å². The first-order valence-electron chi connectivity index (χ1n) is 14.8. The fourth-order valence-corrected chi connectivity index (χ4v) is 7.67. The van der Waals surface area contributed by atoms with E-state index in [0.717, 1.165) is 22.3 Å². The van der Waals surface area contributed by atoms with Crippen molar-refractivity contribution in [1.29, 1.82) is 0 Å². The van der Waals surface area contributed by atoms with E-state index in [-0.39, 0.29) is 48.3 Å². The first kappa shape index (κ1) is 26.4. The standard InChI is InChI=1S/C36H28N2O6/c1-43-23-14-10-21(11-15-23)37-19-20(18-29(37)39)36(42)44-24-16-12-22(13-17-24)38-34(40)32-30-25-6-2-3-7-26(25)31(33(32)35(38)41)28-9-5-4-8-27(28)30/h2-17,20,30-33H,18-19H2,1H3/t20-,30?,31?,32-,33+/m0/s1. The predicted molar refractivity (Wildman–Crippen MR) is 162 cm³/mol. The summed E-state index contributed by atoms with van der Waals surface area (Å²) in [7, 11) is 1.57. The van der Waals surface area contributed by atoms with Gasteiger partial charge in [0.25, 0.3) is 0 Å². The summed E-state index contributed by atoms with van der Waals surface area (Å²) in [4.78, 5) is 56.5. The number of carbonyl (C=O) groups excluding carboxylic acids is 4. The summed E-state index contributed by atoms with van der Waals surface area (Å²) in [6.07, 6.45) is 0.0512. The summed E-state index contributed by atoms with van der Waals surface area (Å²) in [6.45, 7) is 0.217. The topological polar surface area (TPSA) is 93.2 Å². The van der Waals surface area contributed by atoms with Gasteiger partial charge in [0, 0.05) is 30.5 Å². The van der Waals surface area contributed by atoms with Crippen LogP contribution in [0.5, 0.6) is 11.5 Å². The SMILES string of the molecule is COc1ccc(N2C[C@@H](C(=O)Oc3ccc(N4C(=O)[C@@H]5C6c7ccccc7C(c7ccccc76)[C@@H]5C4=O)cc3)CC2=O)cc1. The highest BCUT2D eigenvalue weighted by Crippen LogP contribution is 2.61. The molecule has 4 aromatic carbocycles. The largest absolute Gasteiger partial charge is 0.497 e. The quantitative estimate of drug-likeness (QED) is 0.185. The fourth-order valence-electron chi connectivity index (χ4n) is 7.67. The normalized spacial score (nSPS) is 24.7. The van der Waals surface area contributed by atoms with Gasteiger partial charge in [0.05, 0.1) is 30.6 Å². The molecule has 3 aliphatic carbocycles. The van der Waals surface area contributed by atoms with Crippen molar-refractivity contribution in [2.75, 3.05) is 23.5 Å². The molecule has 2 aliphatic heterocycles. The van der Waals surface area contributed by atoms with Crippen LogP contribution in [0.3, 0.4) is 0 Å². The zero-order valence-corrected chi connectivity index (χ0v) is 23.9. The first-order chi connectivity index (χ1) is 21.4. The smallest absolute Gasteiger partial charge is 0.316 e. The Morgan fingerprint density at radius 1 is 0.659 bits per heavy atom. The second-order valence-electron chi connectivity index (χ2n) is 11.8. The highest BCUT2D eigenvalue weighted by Gasteiger charge is 2.61. The number of carbonyl (C=O) groups is 4. The maximum Gasteiger partial charge on any atom is 0.316 e. The van der Waals surface area contributed by atoms with Gasteiger partial charge in [-0.25, -0.2) is 4.90 Å². The van der Waals surface area contributed by atoms with Crippen LogP contribution in [0.15, 0.2) is 97.1 Å². The molecule has 5 aliphatic rings. The van der Waals surface area contributed by atoms with Gasteiger partial charge in [-0.3, -0.25) is 19.2 Å². The van der Waals surface area contributed by atoms with Crippen molar-refractivity contribution in [2.24, 2.45) is 17.8 Å². The van der Waals surface area contributed by atoms with Gasteiger partial charge in [-0.05, 0) is 70.8 Å². The molecule has 0 unspecified atom stereocenters. The Morgan fingerprint density at radius 3 is 1.64 bits per heavy atom. The van der Waals surface area contributed by atoms with E-state index in [1.807, 2.05) is 24.3 Å². The Kier molecular flexibility index (Phi) is 5.94. The molecule has 8 nitrogen and oxygen atoms in total. The van der Waals surface area contributed by atoms with E-state index in [1.165, 1.54) is 4.90 Å². The van der Waals surface area contributed by atoms with Crippen molar-refractivity contribution in [3.8, 4) is 11.5 Å². The van der Waals surface area contributed by atoms with Gasteiger partial charge in [0.1, 0.15) is 11.5 Å². The van der Waals surface area contributed by atoms with E-state index < -0.39 is 23.7 Å². The summed E-state index contributed by atoms with van der Waals surface area (Å²) < 4.78 is 10.8. The molecule has 2 saturated heterocycles. The molecule has 2 heterocycles. The van der Waals surface area contributed by atoms with Crippen LogP contribution in [-0.2, 0) is 19.2 Å². The molecule has 0 aromatic heterocycles. The van der Waals surface area contributed by atoms with Crippen LogP contribution >= 0.6 is 0 Å². The Morgan fingerprint density at radius 2 is 1.14 bits per heavy atom. The third-order valence-corrected chi connectivity index (χ3v) is 9.60. The summed E-state index contributed by atoms with van der Waals surface area (Å²) >= 11 is 0. The Balaban J connectivity index is 1.01. The van der Waals surface area contributed by atoms with Gasteiger partial charge in [0.15, 0.2) is 0 Å². The zero-order chi connectivity index (χ0) is 30.1. The highest BCUT2D eigenvalue weighted by atomic mass is 16.5. The number of amides is 3. The van der Waals surface area contributed by atoms with Gasteiger partial charge in [-0.2, -0.15) is 0 Å². The molecule has 2 bridgehead atoms. The molecule has 44 heavy (non-hydrogen) atoms. The van der Waals surface area contributed by atoms with E-state index in [9.17, 15) is 19.2 Å². The Labute approximate surface area is 253 Å². The number of imide groups is 1. The lowest BCUT2D eigenvalue weighted by Crippen LogP contribution is -2.41. The summed E-state index contributed by atoms with van der Waals surface area (Å²) in [6, 6.07) is 29.9. The second kappa shape index (κ2) is 9.91. The van der Waals surface area contributed by atoms with Gasteiger partial charge >= 0.3 is 5.97 Å². The molecule has 9 rings (SSSR count). The summed E-state index contributed by atoms with van der Waals surface area (Å²) in [5.74, 6) is -2.01. The molecule has 218 valence electrons. The lowest BCUT2D eigenvalue weighted by molar-refractivity contribution is -0.139. The van der Waals surface area contributed by atoms with Crippen LogP contribution in [0.4, 0.5) is 11.4 Å². The van der Waals surface area contributed by atoms with Crippen molar-refractivity contribution in [3.05, 3.63) is 119 Å². The van der Waals surface area contributed by atoms with E-state index in [1.54, 1.807) is 60.5 Å². The number of anilines is 2. The maximum absolute atomic E-state index is 14.0. The maximum atomic E-state index is 14.0. The van der Waals surface area contributed by atoms with Crippen LogP contribution in [0, 0.1) is 17.8 Å². The number of rotatable bonds is 5. The molecule has 3 atom stereocenters. The molecule has 0 saturated carbocycles. The zero-order valence-electron chi connectivity index (χ0n) is 23.9. The third-order valence-electron chi connectivity index (χ3n) is 9.60. The minimum absolute atomic E-state index is 0.0512. The lowest BCUT2D eigenvalue weighted by atomic mass is 9.55. The molecule has 0 radical (unpaired) electrons. The van der Waals surface area contributed by atoms with E-state index in [2.05, 4.69) is 24.3 Å². The fraction of sp³-hybridized carbons (Fsp3) is 0.222. The molecule has 0 N–H and O–H groups in total. The molecule has 4 aromatic rings. The minimum Gasteiger partial charge on any atom is -0.497 e. The van der Waals surface area contributed by atoms with Crippen molar-refractivity contribution < 1.29 is 28.7 Å². The average Bonchev–Trinajstić information content (AvgIpc) is 3.58. The average molecular weight is 585 g/mol. The van der Waals surface area contributed by atoms with Gasteiger partial charge in [0.2, 0.25) is 17.7 Å². The number of benzene rings is 4. The predicted octanol–water partition coefficient (Wildman–Crippen LogP) is 5.05. The van der Waals surface area contributed by atoms with Gasteiger partial charge < -0.3 is 14.4 Å². The molecule has 3 amide bonds. The van der Waals surface area contributed by atoms with Crippen molar-refractivity contribution in [3.63, 3.8) is 0 Å².